The van der Waals surface area contributed by atoms with Gasteiger partial charge in [-0.1, -0.05) is 11.3 Å². The zero-order valence-electron chi connectivity index (χ0n) is 12.5. The zero-order valence-corrected chi connectivity index (χ0v) is 13.3. The Morgan fingerprint density at radius 2 is 2.13 bits per heavy atom. The monoisotopic (exact) mass is 335 g/mol. The van der Waals surface area contributed by atoms with Gasteiger partial charge in [0, 0.05) is 18.8 Å². The van der Waals surface area contributed by atoms with Crippen LogP contribution in [0.25, 0.3) is 0 Å². The summed E-state index contributed by atoms with van der Waals surface area (Å²) in [6.45, 7) is 1.52. The summed E-state index contributed by atoms with van der Waals surface area (Å²) in [7, 11) is -3.18. The fourth-order valence-electron chi connectivity index (χ4n) is 2.65. The molecule has 0 saturated heterocycles. The van der Waals surface area contributed by atoms with Crippen molar-refractivity contribution in [3.05, 3.63) is 35.8 Å². The number of fused-ring (bicyclic) bond motifs is 1. The molecule has 3 heterocycles. The first-order chi connectivity index (χ1) is 11.1. The Bertz CT molecular complexity index is 801. The normalized spacial score (nSPS) is 18.6. The lowest BCUT2D eigenvalue weighted by Crippen LogP contribution is -2.40. The van der Waals surface area contributed by atoms with Crippen molar-refractivity contribution in [2.24, 2.45) is 0 Å². The minimum Gasteiger partial charge on any atom is -0.471 e. The molecule has 1 saturated carbocycles. The van der Waals surface area contributed by atoms with Gasteiger partial charge >= 0.3 is 0 Å². The Kier molecular flexibility index (Phi) is 3.53. The van der Waals surface area contributed by atoms with E-state index in [-0.39, 0.29) is 11.9 Å². The molecule has 0 aromatic carbocycles. The second kappa shape index (κ2) is 5.57. The predicted molar refractivity (Wildman–Crippen MR) is 80.9 cm³/mol. The second-order valence-corrected chi connectivity index (χ2v) is 7.95. The molecule has 9 heteroatoms. The Balaban J connectivity index is 1.50. The van der Waals surface area contributed by atoms with Crippen LogP contribution in [0.2, 0.25) is 0 Å². The van der Waals surface area contributed by atoms with Crippen LogP contribution in [0.4, 0.5) is 0 Å². The first kappa shape index (κ1) is 14.6. The van der Waals surface area contributed by atoms with Crippen molar-refractivity contribution in [3.8, 4) is 5.88 Å². The van der Waals surface area contributed by atoms with Crippen molar-refractivity contribution in [3.63, 3.8) is 0 Å². The number of ether oxygens (including phenoxy) is 1. The molecule has 23 heavy (non-hydrogen) atoms. The Morgan fingerprint density at radius 1 is 1.26 bits per heavy atom. The molecule has 0 unspecified atom stereocenters. The number of hydrogen-bond acceptors (Lipinski definition) is 6. The number of aromatic nitrogens is 4. The van der Waals surface area contributed by atoms with Crippen molar-refractivity contribution in [1.82, 2.24) is 24.3 Å². The summed E-state index contributed by atoms with van der Waals surface area (Å²) in [6, 6.07) is 5.42. The topological polar surface area (TPSA) is 90.2 Å². The maximum Gasteiger partial charge on any atom is 0.217 e. The molecule has 0 N–H and O–H groups in total. The van der Waals surface area contributed by atoms with E-state index in [9.17, 15) is 8.42 Å². The van der Waals surface area contributed by atoms with Crippen LogP contribution in [0.5, 0.6) is 5.88 Å². The molecule has 2 aliphatic rings. The van der Waals surface area contributed by atoms with Crippen LogP contribution >= 0.6 is 0 Å². The number of pyridine rings is 1. The summed E-state index contributed by atoms with van der Waals surface area (Å²) in [5.41, 5.74) is 1.46. The van der Waals surface area contributed by atoms with Crippen LogP contribution in [-0.4, -0.2) is 44.5 Å². The molecule has 1 aliphatic carbocycles. The first-order valence-electron chi connectivity index (χ1n) is 7.58. The highest BCUT2D eigenvalue weighted by molar-refractivity contribution is 7.90. The largest absolute Gasteiger partial charge is 0.471 e. The van der Waals surface area contributed by atoms with Gasteiger partial charge in [-0.2, -0.15) is 4.31 Å². The third-order valence-electron chi connectivity index (χ3n) is 4.11. The Morgan fingerprint density at radius 3 is 2.87 bits per heavy atom. The maximum absolute atomic E-state index is 12.4. The molecule has 8 nitrogen and oxygen atoms in total. The van der Waals surface area contributed by atoms with Crippen molar-refractivity contribution in [2.75, 3.05) is 6.54 Å². The number of rotatable bonds is 5. The van der Waals surface area contributed by atoms with E-state index in [2.05, 4.69) is 15.3 Å². The SMILES string of the molecule is O=S(=O)(C1CC1)N1CCn2nnc(COc3ccccn3)c2C1. The van der Waals surface area contributed by atoms with Gasteiger partial charge in [-0.25, -0.2) is 18.1 Å². The van der Waals surface area contributed by atoms with E-state index in [1.807, 2.05) is 12.1 Å². The van der Waals surface area contributed by atoms with Gasteiger partial charge in [-0.05, 0) is 18.9 Å². The lowest BCUT2D eigenvalue weighted by Gasteiger charge is -2.26. The van der Waals surface area contributed by atoms with Crippen molar-refractivity contribution < 1.29 is 13.2 Å². The molecule has 0 atom stereocenters. The summed E-state index contributed by atoms with van der Waals surface area (Å²) in [5.74, 6) is 0.507. The highest BCUT2D eigenvalue weighted by Crippen LogP contribution is 2.32. The molecule has 2 aromatic rings. The predicted octanol–water partition coefficient (Wildman–Crippen LogP) is 0.560. The second-order valence-electron chi connectivity index (χ2n) is 5.74. The average molecular weight is 335 g/mol. The highest BCUT2D eigenvalue weighted by atomic mass is 32.2. The molecule has 4 rings (SSSR count). The standard InChI is InChI=1S/C14H17N5O3S/c20-23(21,11-4-5-11)18-7-8-19-13(9-18)12(16-17-19)10-22-14-3-1-2-6-15-14/h1-3,6,11H,4-5,7-10H2. The van der Waals surface area contributed by atoms with Crippen molar-refractivity contribution in [1.29, 1.82) is 0 Å². The molecule has 1 fully saturated rings. The van der Waals surface area contributed by atoms with Crippen LogP contribution in [0.15, 0.2) is 24.4 Å². The fourth-order valence-corrected chi connectivity index (χ4v) is 4.45. The van der Waals surface area contributed by atoms with Gasteiger partial charge < -0.3 is 4.74 Å². The first-order valence-corrected chi connectivity index (χ1v) is 9.09. The summed E-state index contributed by atoms with van der Waals surface area (Å²) < 4.78 is 33.7. The fraction of sp³-hybridized carbons (Fsp3) is 0.500. The van der Waals surface area contributed by atoms with E-state index in [1.165, 1.54) is 0 Å². The molecule has 2 aromatic heterocycles. The minimum absolute atomic E-state index is 0.196. The molecular formula is C14H17N5O3S. The van der Waals surface area contributed by atoms with Crippen LogP contribution in [0, 0.1) is 0 Å². The summed E-state index contributed by atoms with van der Waals surface area (Å²) in [4.78, 5) is 4.09. The van der Waals surface area contributed by atoms with Crippen LogP contribution in [0.1, 0.15) is 24.2 Å². The Labute approximate surface area is 134 Å². The van der Waals surface area contributed by atoms with Gasteiger partial charge in [0.15, 0.2) is 0 Å². The lowest BCUT2D eigenvalue weighted by molar-refractivity contribution is 0.281. The number of sulfonamides is 1. The van der Waals surface area contributed by atoms with Gasteiger partial charge in [0.05, 0.1) is 24.0 Å². The Hall–Kier alpha value is -2.00. The van der Waals surface area contributed by atoms with Crippen LogP contribution in [-0.2, 0) is 29.7 Å². The molecular weight excluding hydrogens is 318 g/mol. The van der Waals surface area contributed by atoms with Gasteiger partial charge in [-0.15, -0.1) is 5.10 Å². The number of hydrogen-bond donors (Lipinski definition) is 0. The van der Waals surface area contributed by atoms with Crippen molar-refractivity contribution >= 4 is 10.0 Å². The van der Waals surface area contributed by atoms with E-state index in [0.29, 0.717) is 31.2 Å². The molecule has 122 valence electrons. The smallest absolute Gasteiger partial charge is 0.217 e. The van der Waals surface area contributed by atoms with E-state index in [1.54, 1.807) is 21.3 Å². The summed E-state index contributed by atoms with van der Waals surface area (Å²) in [6.07, 6.45) is 3.19. The van der Waals surface area contributed by atoms with Crippen LogP contribution in [0.3, 0.4) is 0 Å². The van der Waals surface area contributed by atoms with Gasteiger partial charge in [0.2, 0.25) is 15.9 Å². The molecule has 1 aliphatic heterocycles. The maximum atomic E-state index is 12.4. The number of nitrogens with zero attached hydrogens (tertiary/aromatic N) is 5. The van der Waals surface area contributed by atoms with Crippen molar-refractivity contribution in [2.45, 2.75) is 37.8 Å². The third-order valence-corrected chi connectivity index (χ3v) is 6.45. The van der Waals surface area contributed by atoms with Gasteiger partial charge in [0.25, 0.3) is 0 Å². The van der Waals surface area contributed by atoms with Gasteiger partial charge in [-0.3, -0.25) is 0 Å². The third kappa shape index (κ3) is 2.81. The van der Waals surface area contributed by atoms with Gasteiger partial charge in [0.1, 0.15) is 12.3 Å². The molecule has 0 bridgehead atoms. The highest BCUT2D eigenvalue weighted by Gasteiger charge is 2.41. The summed E-state index contributed by atoms with van der Waals surface area (Å²) in [5, 5.41) is 8.02. The van der Waals surface area contributed by atoms with E-state index in [0.717, 1.165) is 18.5 Å². The summed E-state index contributed by atoms with van der Waals surface area (Å²) >= 11 is 0. The van der Waals surface area contributed by atoms with Crippen LogP contribution < -0.4 is 4.74 Å². The minimum atomic E-state index is -3.18. The van der Waals surface area contributed by atoms with E-state index in [4.69, 9.17) is 4.74 Å². The molecule has 0 radical (unpaired) electrons. The lowest BCUT2D eigenvalue weighted by atomic mass is 10.3. The quantitative estimate of drug-likeness (QED) is 0.793. The molecule has 0 amide bonds. The van der Waals surface area contributed by atoms with E-state index < -0.39 is 10.0 Å². The average Bonchev–Trinajstić information content (AvgIpc) is 3.36. The zero-order chi connectivity index (χ0) is 15.9. The molecule has 0 spiro atoms. The van der Waals surface area contributed by atoms with E-state index >= 15 is 0 Å².